The van der Waals surface area contributed by atoms with Gasteiger partial charge in [0.05, 0.1) is 0 Å². The van der Waals surface area contributed by atoms with Gasteiger partial charge in [-0.05, 0) is 32.0 Å². The number of hydrogen-bond donors (Lipinski definition) is 2. The zero-order chi connectivity index (χ0) is 14.9. The molecule has 2 N–H and O–H groups in total. The molecule has 0 bridgehead atoms. The average molecular weight is 285 g/mol. The van der Waals surface area contributed by atoms with Crippen molar-refractivity contribution in [3.05, 3.63) is 35.4 Å². The van der Waals surface area contributed by atoms with Crippen LogP contribution in [0.5, 0.6) is 0 Å². The van der Waals surface area contributed by atoms with Crippen molar-refractivity contribution in [3.63, 3.8) is 0 Å². The molecule has 0 aliphatic carbocycles. The second-order valence-electron chi connectivity index (χ2n) is 5.44. The molecular weight excluding hydrogens is 268 g/mol. The molecule has 1 heterocycles. The summed E-state index contributed by atoms with van der Waals surface area (Å²) in [4.78, 5) is 12.6. The first-order chi connectivity index (χ1) is 9.31. The Bertz CT molecular complexity index is 499. The van der Waals surface area contributed by atoms with Crippen LogP contribution in [0, 0.1) is 11.6 Å². The van der Waals surface area contributed by atoms with Crippen molar-refractivity contribution in [3.8, 4) is 0 Å². The molecule has 1 aromatic carbocycles. The van der Waals surface area contributed by atoms with Gasteiger partial charge in [0.2, 0.25) is 0 Å². The van der Waals surface area contributed by atoms with E-state index in [-0.39, 0.29) is 18.0 Å². The van der Waals surface area contributed by atoms with Crippen LogP contribution in [0.3, 0.4) is 0 Å². The molecule has 6 heteroatoms. The zero-order valence-electron chi connectivity index (χ0n) is 11.1. The van der Waals surface area contributed by atoms with Gasteiger partial charge >= 0.3 is 5.97 Å². The first-order valence-corrected chi connectivity index (χ1v) is 6.43. The molecule has 2 unspecified atom stereocenters. The standard InChI is InChI=1S/C14H17F2NO3/c1-14(20,13(18)19)8-17-6-5-9(7-17)12-10(15)3-2-4-11(12)16/h2-4,9,20H,5-8H2,1H3,(H,18,19). The SMILES string of the molecule is CC(O)(CN1CCC(c2c(F)cccc2F)C1)C(=O)O. The molecule has 1 aromatic rings. The molecule has 0 amide bonds. The lowest BCUT2D eigenvalue weighted by atomic mass is 9.97. The molecular formula is C14H17F2NO3. The fourth-order valence-corrected chi connectivity index (χ4v) is 2.62. The summed E-state index contributed by atoms with van der Waals surface area (Å²) < 4.78 is 27.4. The summed E-state index contributed by atoms with van der Waals surface area (Å²) in [7, 11) is 0. The molecule has 2 atom stereocenters. The van der Waals surface area contributed by atoms with Gasteiger partial charge in [-0.2, -0.15) is 0 Å². The van der Waals surface area contributed by atoms with Crippen molar-refractivity contribution in [2.45, 2.75) is 24.9 Å². The minimum absolute atomic E-state index is 0.0463. The smallest absolute Gasteiger partial charge is 0.336 e. The number of aliphatic hydroxyl groups is 1. The van der Waals surface area contributed by atoms with E-state index >= 15 is 0 Å². The lowest BCUT2D eigenvalue weighted by Gasteiger charge is -2.25. The van der Waals surface area contributed by atoms with Crippen molar-refractivity contribution < 1.29 is 23.8 Å². The molecule has 0 radical (unpaired) electrons. The molecule has 20 heavy (non-hydrogen) atoms. The van der Waals surface area contributed by atoms with Crippen molar-refractivity contribution in [1.29, 1.82) is 0 Å². The minimum atomic E-state index is -1.86. The number of likely N-dealkylation sites (tertiary alicyclic amines) is 1. The maximum absolute atomic E-state index is 13.7. The first kappa shape index (κ1) is 14.9. The van der Waals surface area contributed by atoms with Crippen LogP contribution in [0.4, 0.5) is 8.78 Å². The van der Waals surface area contributed by atoms with Gasteiger partial charge in [-0.25, -0.2) is 13.6 Å². The fraction of sp³-hybridized carbons (Fsp3) is 0.500. The number of nitrogens with zero attached hydrogens (tertiary/aromatic N) is 1. The summed E-state index contributed by atoms with van der Waals surface area (Å²) >= 11 is 0. The van der Waals surface area contributed by atoms with Gasteiger partial charge in [0.1, 0.15) is 11.6 Å². The molecule has 1 saturated heterocycles. The van der Waals surface area contributed by atoms with E-state index in [1.165, 1.54) is 25.1 Å². The molecule has 0 aromatic heterocycles. The van der Waals surface area contributed by atoms with Gasteiger partial charge in [0.15, 0.2) is 5.60 Å². The van der Waals surface area contributed by atoms with Gasteiger partial charge in [-0.1, -0.05) is 6.07 Å². The summed E-state index contributed by atoms with van der Waals surface area (Å²) in [6.07, 6.45) is 0.535. The summed E-state index contributed by atoms with van der Waals surface area (Å²) in [6.45, 7) is 1.99. The predicted molar refractivity (Wildman–Crippen MR) is 68.4 cm³/mol. The largest absolute Gasteiger partial charge is 0.479 e. The maximum atomic E-state index is 13.7. The van der Waals surface area contributed by atoms with Crippen LogP contribution < -0.4 is 0 Å². The third kappa shape index (κ3) is 2.96. The van der Waals surface area contributed by atoms with E-state index in [4.69, 9.17) is 5.11 Å². The summed E-state index contributed by atoms with van der Waals surface area (Å²) in [5.74, 6) is -2.79. The highest BCUT2D eigenvalue weighted by atomic mass is 19.1. The van der Waals surface area contributed by atoms with E-state index in [0.717, 1.165) is 0 Å². The summed E-state index contributed by atoms with van der Waals surface area (Å²) in [5, 5.41) is 18.6. The molecule has 1 aliphatic heterocycles. The number of β-amino-alcohol motifs (C(OH)–C–C–N with tert-alkyl or cyclic N) is 1. The number of hydrogen-bond acceptors (Lipinski definition) is 3. The number of aliphatic carboxylic acids is 1. The van der Waals surface area contributed by atoms with Crippen molar-refractivity contribution in [2.24, 2.45) is 0 Å². The van der Waals surface area contributed by atoms with E-state index in [1.54, 1.807) is 4.90 Å². The molecule has 0 saturated carbocycles. The number of carbonyl (C=O) groups is 1. The predicted octanol–water partition coefficient (Wildman–Crippen LogP) is 1.59. The second kappa shape index (κ2) is 5.46. The highest BCUT2D eigenvalue weighted by molar-refractivity contribution is 5.76. The third-order valence-corrected chi connectivity index (χ3v) is 3.67. The Morgan fingerprint density at radius 2 is 2.05 bits per heavy atom. The van der Waals surface area contributed by atoms with E-state index in [9.17, 15) is 18.7 Å². The van der Waals surface area contributed by atoms with E-state index < -0.39 is 23.2 Å². The summed E-state index contributed by atoms with van der Waals surface area (Å²) in [5.41, 5.74) is -1.81. The van der Waals surface area contributed by atoms with Crippen LogP contribution in [0.2, 0.25) is 0 Å². The van der Waals surface area contributed by atoms with Crippen LogP contribution in [0.15, 0.2) is 18.2 Å². The lowest BCUT2D eigenvalue weighted by Crippen LogP contribution is -2.46. The maximum Gasteiger partial charge on any atom is 0.336 e. The van der Waals surface area contributed by atoms with Gasteiger partial charge in [-0.15, -0.1) is 0 Å². The topological polar surface area (TPSA) is 60.8 Å². The fourth-order valence-electron chi connectivity index (χ4n) is 2.62. The van der Waals surface area contributed by atoms with Crippen LogP contribution in [-0.4, -0.2) is 46.3 Å². The van der Waals surface area contributed by atoms with Gasteiger partial charge in [0, 0.05) is 24.6 Å². The molecule has 4 nitrogen and oxygen atoms in total. The quantitative estimate of drug-likeness (QED) is 0.882. The molecule has 0 spiro atoms. The van der Waals surface area contributed by atoms with Crippen molar-refractivity contribution in [1.82, 2.24) is 4.90 Å². The Balaban J connectivity index is 2.08. The van der Waals surface area contributed by atoms with Gasteiger partial charge < -0.3 is 10.2 Å². The number of rotatable bonds is 4. The first-order valence-electron chi connectivity index (χ1n) is 6.43. The Labute approximate surface area is 115 Å². The minimum Gasteiger partial charge on any atom is -0.479 e. The van der Waals surface area contributed by atoms with Crippen LogP contribution >= 0.6 is 0 Å². The molecule has 110 valence electrons. The van der Waals surface area contributed by atoms with Crippen molar-refractivity contribution in [2.75, 3.05) is 19.6 Å². The zero-order valence-corrected chi connectivity index (χ0v) is 11.1. The highest BCUT2D eigenvalue weighted by Gasteiger charge is 2.36. The monoisotopic (exact) mass is 285 g/mol. The second-order valence-corrected chi connectivity index (χ2v) is 5.44. The van der Waals surface area contributed by atoms with E-state index in [0.29, 0.717) is 19.5 Å². The number of halogens is 2. The molecule has 1 aliphatic rings. The highest BCUT2D eigenvalue weighted by Crippen LogP contribution is 2.31. The van der Waals surface area contributed by atoms with Crippen LogP contribution in [-0.2, 0) is 4.79 Å². The lowest BCUT2D eigenvalue weighted by molar-refractivity contribution is -0.158. The van der Waals surface area contributed by atoms with Gasteiger partial charge in [0.25, 0.3) is 0 Å². The Kier molecular flexibility index (Phi) is 4.06. The van der Waals surface area contributed by atoms with Crippen LogP contribution in [0.25, 0.3) is 0 Å². The number of carboxylic acid groups (broad SMARTS) is 1. The summed E-state index contributed by atoms with van der Waals surface area (Å²) in [6, 6.07) is 3.75. The van der Waals surface area contributed by atoms with E-state index in [1.807, 2.05) is 0 Å². The number of benzene rings is 1. The Morgan fingerprint density at radius 1 is 1.45 bits per heavy atom. The van der Waals surface area contributed by atoms with E-state index in [2.05, 4.69) is 0 Å². The van der Waals surface area contributed by atoms with Crippen molar-refractivity contribution >= 4 is 5.97 Å². The Hall–Kier alpha value is -1.53. The number of carboxylic acids is 1. The van der Waals surface area contributed by atoms with Crippen LogP contribution in [0.1, 0.15) is 24.8 Å². The normalized spacial score (nSPS) is 22.7. The third-order valence-electron chi connectivity index (χ3n) is 3.67. The average Bonchev–Trinajstić information content (AvgIpc) is 2.76. The van der Waals surface area contributed by atoms with Gasteiger partial charge in [-0.3, -0.25) is 4.90 Å². The Morgan fingerprint density at radius 3 is 2.60 bits per heavy atom. The molecule has 2 rings (SSSR count). The molecule has 1 fully saturated rings.